The number of aromatic hydroxyl groups is 1. The molecule has 1 saturated heterocycles. The lowest BCUT2D eigenvalue weighted by Crippen LogP contribution is -2.40. The Bertz CT molecular complexity index is 1030. The molecule has 2 heterocycles. The number of pyridine rings is 1. The molecule has 1 fully saturated rings. The van der Waals surface area contributed by atoms with Crippen LogP contribution in [0, 0.1) is 0 Å². The fraction of sp³-hybridized carbons (Fsp3) is 0.250. The maximum atomic E-state index is 12.7. The van der Waals surface area contributed by atoms with Gasteiger partial charge in [0.15, 0.2) is 5.88 Å². The average molecular weight is 414 g/mol. The number of nitrogens with one attached hydrogen (secondary N) is 2. The molecule has 3 rings (SSSR count). The van der Waals surface area contributed by atoms with Crippen molar-refractivity contribution in [2.75, 3.05) is 31.6 Å². The molecular weight excluding hydrogens is 398 g/mol. The van der Waals surface area contributed by atoms with E-state index >= 15 is 0 Å². The normalized spacial score (nSPS) is 15.4. The predicted molar refractivity (Wildman–Crippen MR) is 97.7 cm³/mol. The van der Waals surface area contributed by atoms with Crippen LogP contribution >= 0.6 is 11.6 Å². The minimum absolute atomic E-state index is 0.0298. The summed E-state index contributed by atoms with van der Waals surface area (Å²) in [6.07, 6.45) is 0. The number of carbonyl (C=O) groups is 1. The Labute approximate surface area is 159 Å². The second-order valence-electron chi connectivity index (χ2n) is 5.73. The first-order chi connectivity index (χ1) is 12.8. The molecule has 11 heteroatoms. The highest BCUT2D eigenvalue weighted by Gasteiger charge is 2.27. The molecule has 1 aromatic heterocycles. The van der Waals surface area contributed by atoms with E-state index in [-0.39, 0.29) is 34.3 Å². The first kappa shape index (κ1) is 19.4. The number of hydrogen-bond acceptors (Lipinski definition) is 6. The Kier molecular flexibility index (Phi) is 5.51. The van der Waals surface area contributed by atoms with Gasteiger partial charge in [-0.1, -0.05) is 11.6 Å². The fourth-order valence-electron chi connectivity index (χ4n) is 2.55. The third-order valence-electron chi connectivity index (χ3n) is 3.89. The van der Waals surface area contributed by atoms with Gasteiger partial charge in [-0.2, -0.15) is 4.31 Å². The molecule has 3 N–H and O–H groups in total. The van der Waals surface area contributed by atoms with Crippen LogP contribution in [0.4, 0.5) is 5.69 Å². The second kappa shape index (κ2) is 7.69. The molecule has 27 heavy (non-hydrogen) atoms. The first-order valence-corrected chi connectivity index (χ1v) is 9.71. The Balaban J connectivity index is 1.89. The number of morpholine rings is 1. The number of rotatable bonds is 4. The number of H-pyrrole nitrogens is 1. The van der Waals surface area contributed by atoms with Gasteiger partial charge in [-0.05, 0) is 18.2 Å². The zero-order chi connectivity index (χ0) is 19.6. The van der Waals surface area contributed by atoms with Crippen LogP contribution < -0.4 is 10.9 Å². The van der Waals surface area contributed by atoms with E-state index in [1.165, 1.54) is 22.5 Å². The maximum absolute atomic E-state index is 12.7. The SMILES string of the molecule is O=C(Nc1cc(S(=O)(=O)N2CCOCC2)ccc1Cl)c1cc(O)[nH]c(=O)c1. The molecule has 1 aliphatic heterocycles. The van der Waals surface area contributed by atoms with E-state index in [0.717, 1.165) is 12.1 Å². The summed E-state index contributed by atoms with van der Waals surface area (Å²) in [4.78, 5) is 25.8. The summed E-state index contributed by atoms with van der Waals surface area (Å²) in [5.41, 5.74) is -0.695. The lowest BCUT2D eigenvalue weighted by Gasteiger charge is -2.26. The standard InChI is InChI=1S/C16H16ClN3O6S/c17-12-2-1-11(27(24,25)20-3-5-26-6-4-20)9-13(12)18-16(23)10-7-14(21)19-15(22)8-10/h1-2,7-9H,3-6H2,(H,18,23)(H2,19,21,22). The molecule has 2 aromatic rings. The molecule has 0 spiro atoms. The van der Waals surface area contributed by atoms with Crippen molar-refractivity contribution in [3.8, 4) is 5.88 Å². The smallest absolute Gasteiger partial charge is 0.256 e. The van der Waals surface area contributed by atoms with Gasteiger partial charge in [0.05, 0.1) is 34.4 Å². The van der Waals surface area contributed by atoms with Crippen molar-refractivity contribution >= 4 is 33.2 Å². The van der Waals surface area contributed by atoms with Crippen LogP contribution in [0.15, 0.2) is 40.0 Å². The van der Waals surface area contributed by atoms with E-state index < -0.39 is 27.4 Å². The van der Waals surface area contributed by atoms with Gasteiger partial charge in [0.1, 0.15) is 0 Å². The van der Waals surface area contributed by atoms with Crippen molar-refractivity contribution in [1.29, 1.82) is 0 Å². The number of aromatic amines is 1. The molecule has 144 valence electrons. The summed E-state index contributed by atoms with van der Waals surface area (Å²) in [7, 11) is -3.77. The van der Waals surface area contributed by atoms with Crippen LogP contribution in [-0.2, 0) is 14.8 Å². The molecule has 0 saturated carbocycles. The maximum Gasteiger partial charge on any atom is 0.256 e. The van der Waals surface area contributed by atoms with Gasteiger partial charge in [-0.15, -0.1) is 0 Å². The Hall–Kier alpha value is -2.40. The number of hydrogen-bond donors (Lipinski definition) is 3. The molecule has 1 aromatic carbocycles. The summed E-state index contributed by atoms with van der Waals surface area (Å²) in [5, 5.41) is 12.0. The third kappa shape index (κ3) is 4.30. The van der Waals surface area contributed by atoms with Gasteiger partial charge in [0.2, 0.25) is 10.0 Å². The molecule has 1 aliphatic rings. The number of benzene rings is 1. The van der Waals surface area contributed by atoms with Crippen LogP contribution in [0.3, 0.4) is 0 Å². The molecule has 0 aliphatic carbocycles. The van der Waals surface area contributed by atoms with Gasteiger partial charge in [0, 0.05) is 25.2 Å². The third-order valence-corrected chi connectivity index (χ3v) is 6.11. The van der Waals surface area contributed by atoms with E-state index in [1.54, 1.807) is 0 Å². The molecule has 0 bridgehead atoms. The van der Waals surface area contributed by atoms with E-state index in [9.17, 15) is 23.1 Å². The summed E-state index contributed by atoms with van der Waals surface area (Å²) in [6.45, 7) is 1.09. The molecule has 0 radical (unpaired) electrons. The van der Waals surface area contributed by atoms with Crippen molar-refractivity contribution in [2.24, 2.45) is 0 Å². The van der Waals surface area contributed by atoms with Crippen LogP contribution in [0.25, 0.3) is 0 Å². The van der Waals surface area contributed by atoms with Crippen molar-refractivity contribution < 1.29 is 23.1 Å². The summed E-state index contributed by atoms with van der Waals surface area (Å²) < 4.78 is 31.9. The lowest BCUT2D eigenvalue weighted by molar-refractivity contribution is 0.0730. The summed E-state index contributed by atoms with van der Waals surface area (Å²) in [5.74, 6) is -1.19. The second-order valence-corrected chi connectivity index (χ2v) is 8.08. The van der Waals surface area contributed by atoms with Crippen molar-refractivity contribution in [2.45, 2.75) is 4.90 Å². The molecular formula is C16H16ClN3O6S. The van der Waals surface area contributed by atoms with Crippen molar-refractivity contribution in [3.63, 3.8) is 0 Å². The number of amides is 1. The van der Waals surface area contributed by atoms with Crippen molar-refractivity contribution in [3.05, 3.63) is 51.3 Å². The number of anilines is 1. The largest absolute Gasteiger partial charge is 0.494 e. The summed E-state index contributed by atoms with van der Waals surface area (Å²) >= 11 is 6.07. The minimum Gasteiger partial charge on any atom is -0.494 e. The van der Waals surface area contributed by atoms with Gasteiger partial charge >= 0.3 is 0 Å². The molecule has 0 atom stereocenters. The molecule has 0 unspecified atom stereocenters. The van der Waals surface area contributed by atoms with Gasteiger partial charge in [-0.25, -0.2) is 8.42 Å². The number of sulfonamides is 1. The highest BCUT2D eigenvalue weighted by Crippen LogP contribution is 2.28. The van der Waals surface area contributed by atoms with Gasteiger partial charge in [0.25, 0.3) is 11.5 Å². The van der Waals surface area contributed by atoms with Crippen LogP contribution in [0.2, 0.25) is 5.02 Å². The zero-order valence-electron chi connectivity index (χ0n) is 13.9. The van der Waals surface area contributed by atoms with Gasteiger partial charge < -0.3 is 15.2 Å². The number of aromatic nitrogens is 1. The summed E-state index contributed by atoms with van der Waals surface area (Å²) in [6, 6.07) is 6.02. The average Bonchev–Trinajstić information content (AvgIpc) is 2.63. The topological polar surface area (TPSA) is 129 Å². The highest BCUT2D eigenvalue weighted by molar-refractivity contribution is 7.89. The Morgan fingerprint density at radius 2 is 1.93 bits per heavy atom. The van der Waals surface area contributed by atoms with Crippen LogP contribution in [0.5, 0.6) is 5.88 Å². The lowest BCUT2D eigenvalue weighted by atomic mass is 10.2. The van der Waals surface area contributed by atoms with E-state index in [2.05, 4.69) is 10.3 Å². The highest BCUT2D eigenvalue weighted by atomic mass is 35.5. The van der Waals surface area contributed by atoms with Crippen LogP contribution in [-0.4, -0.2) is 55.0 Å². The van der Waals surface area contributed by atoms with E-state index in [1.807, 2.05) is 0 Å². The zero-order valence-corrected chi connectivity index (χ0v) is 15.5. The Morgan fingerprint density at radius 3 is 2.59 bits per heavy atom. The predicted octanol–water partition coefficient (Wildman–Crippen LogP) is 1.01. The number of halogens is 1. The van der Waals surface area contributed by atoms with Crippen LogP contribution in [0.1, 0.15) is 10.4 Å². The Morgan fingerprint density at radius 1 is 1.22 bits per heavy atom. The first-order valence-electron chi connectivity index (χ1n) is 7.89. The minimum atomic E-state index is -3.77. The number of nitrogens with zero attached hydrogens (tertiary/aromatic N) is 1. The van der Waals surface area contributed by atoms with E-state index in [4.69, 9.17) is 16.3 Å². The number of carbonyl (C=O) groups excluding carboxylic acids is 1. The molecule has 9 nitrogen and oxygen atoms in total. The quantitative estimate of drug-likeness (QED) is 0.686. The number of ether oxygens (including phenoxy) is 1. The van der Waals surface area contributed by atoms with E-state index in [0.29, 0.717) is 13.2 Å². The van der Waals surface area contributed by atoms with Crippen molar-refractivity contribution in [1.82, 2.24) is 9.29 Å². The van der Waals surface area contributed by atoms with Gasteiger partial charge in [-0.3, -0.25) is 14.6 Å². The monoisotopic (exact) mass is 413 g/mol. The molecule has 1 amide bonds. The fourth-order valence-corrected chi connectivity index (χ4v) is 4.15.